The molecule has 2 rings (SSSR count). The van der Waals surface area contributed by atoms with Crippen molar-refractivity contribution in [3.63, 3.8) is 0 Å². The smallest absolute Gasteiger partial charge is 0.0702 e. The summed E-state index contributed by atoms with van der Waals surface area (Å²) in [6, 6.07) is 10.6. The first kappa shape index (κ1) is 13.7. The normalized spacial score (nSPS) is 10.9. The fraction of sp³-hybridized carbons (Fsp3) is 0.400. The summed E-state index contributed by atoms with van der Waals surface area (Å²) in [6.07, 6.45) is 5.78. The van der Waals surface area contributed by atoms with E-state index in [1.54, 1.807) is 0 Å². The molecule has 1 N–H and O–H groups in total. The van der Waals surface area contributed by atoms with Crippen LogP contribution < -0.4 is 5.32 Å². The van der Waals surface area contributed by atoms with Crippen LogP contribution in [0, 0.1) is 0 Å². The molecule has 0 fully saturated rings. The number of hydrogen-bond acceptors (Lipinski definition) is 2. The van der Waals surface area contributed by atoms with E-state index in [9.17, 15) is 0 Å². The Balaban J connectivity index is 1.81. The van der Waals surface area contributed by atoms with Crippen LogP contribution in [0.15, 0.2) is 36.5 Å². The summed E-state index contributed by atoms with van der Waals surface area (Å²) >= 11 is 2.44. The molecular weight excluding hydrogens is 335 g/mol. The molecule has 0 aliphatic rings. The molecule has 1 aromatic carbocycles. The Kier molecular flexibility index (Phi) is 5.87. The van der Waals surface area contributed by atoms with E-state index in [1.165, 1.54) is 34.6 Å². The van der Waals surface area contributed by atoms with Crippen LogP contribution in [0.3, 0.4) is 0 Å². The van der Waals surface area contributed by atoms with E-state index in [0.717, 1.165) is 18.6 Å². The van der Waals surface area contributed by atoms with Crippen LogP contribution in [-0.2, 0) is 6.54 Å². The molecule has 3 heteroatoms. The van der Waals surface area contributed by atoms with E-state index < -0.39 is 0 Å². The summed E-state index contributed by atoms with van der Waals surface area (Å²) in [7, 11) is 0. The molecule has 1 heterocycles. The monoisotopic (exact) mass is 354 g/mol. The van der Waals surface area contributed by atoms with Gasteiger partial charge in [-0.05, 0) is 47.6 Å². The Morgan fingerprint density at radius 3 is 2.94 bits per heavy atom. The predicted octanol–water partition coefficient (Wildman–Crippen LogP) is 3.93. The van der Waals surface area contributed by atoms with E-state index in [-0.39, 0.29) is 0 Å². The van der Waals surface area contributed by atoms with Crippen LogP contribution >= 0.6 is 22.6 Å². The lowest BCUT2D eigenvalue weighted by Gasteiger charge is -2.05. The van der Waals surface area contributed by atoms with E-state index in [4.69, 9.17) is 0 Å². The van der Waals surface area contributed by atoms with Gasteiger partial charge in [-0.25, -0.2) is 0 Å². The van der Waals surface area contributed by atoms with Crippen molar-refractivity contribution in [3.8, 4) is 0 Å². The summed E-state index contributed by atoms with van der Waals surface area (Å²) in [5, 5.41) is 4.73. The molecule has 96 valence electrons. The molecule has 0 atom stereocenters. The second-order valence-corrected chi connectivity index (χ2v) is 5.54. The van der Waals surface area contributed by atoms with Gasteiger partial charge in [0.05, 0.1) is 5.52 Å². The lowest BCUT2D eigenvalue weighted by Crippen LogP contribution is -2.14. The van der Waals surface area contributed by atoms with Crippen molar-refractivity contribution in [1.82, 2.24) is 10.3 Å². The molecule has 18 heavy (non-hydrogen) atoms. The van der Waals surface area contributed by atoms with Crippen molar-refractivity contribution in [3.05, 3.63) is 42.1 Å². The fourth-order valence-corrected chi connectivity index (χ4v) is 2.53. The minimum atomic E-state index is 0.953. The van der Waals surface area contributed by atoms with Gasteiger partial charge in [0.25, 0.3) is 0 Å². The molecule has 0 aliphatic carbocycles. The van der Waals surface area contributed by atoms with Gasteiger partial charge in [0, 0.05) is 18.1 Å². The van der Waals surface area contributed by atoms with E-state index in [2.05, 4.69) is 57.2 Å². The molecule has 0 amide bonds. The van der Waals surface area contributed by atoms with Gasteiger partial charge in [-0.2, -0.15) is 0 Å². The molecule has 0 aliphatic heterocycles. The van der Waals surface area contributed by atoms with Crippen molar-refractivity contribution >= 4 is 33.5 Å². The first-order valence-electron chi connectivity index (χ1n) is 6.50. The van der Waals surface area contributed by atoms with Gasteiger partial charge in [0.1, 0.15) is 0 Å². The lowest BCUT2D eigenvalue weighted by molar-refractivity contribution is 0.620. The number of nitrogens with zero attached hydrogens (tertiary/aromatic N) is 1. The fourth-order valence-electron chi connectivity index (χ4n) is 1.99. The van der Waals surface area contributed by atoms with Crippen LogP contribution in [0.2, 0.25) is 0 Å². The highest BCUT2D eigenvalue weighted by atomic mass is 127. The largest absolute Gasteiger partial charge is 0.313 e. The van der Waals surface area contributed by atoms with E-state index >= 15 is 0 Å². The third kappa shape index (κ3) is 4.21. The number of unbranched alkanes of at least 4 members (excludes halogenated alkanes) is 2. The summed E-state index contributed by atoms with van der Waals surface area (Å²) in [4.78, 5) is 4.33. The number of pyridine rings is 1. The molecular formula is C15H19IN2. The van der Waals surface area contributed by atoms with Crippen molar-refractivity contribution in [2.45, 2.75) is 25.8 Å². The lowest BCUT2D eigenvalue weighted by atomic mass is 10.1. The van der Waals surface area contributed by atoms with Crippen LogP contribution in [0.25, 0.3) is 10.9 Å². The minimum absolute atomic E-state index is 0.953. The van der Waals surface area contributed by atoms with Crippen LogP contribution in [-0.4, -0.2) is 16.0 Å². The standard InChI is InChI=1S/C15H19IN2/c16-8-2-1-3-9-17-12-13-6-7-15-14(11-13)5-4-10-18-15/h4-7,10-11,17H,1-3,8-9,12H2. The number of benzene rings is 1. The number of halogens is 1. The third-order valence-corrected chi connectivity index (χ3v) is 3.75. The maximum atomic E-state index is 4.33. The Labute approximate surface area is 122 Å². The van der Waals surface area contributed by atoms with Gasteiger partial charge in [-0.15, -0.1) is 0 Å². The zero-order valence-electron chi connectivity index (χ0n) is 10.5. The highest BCUT2D eigenvalue weighted by Gasteiger charge is 1.96. The number of nitrogens with one attached hydrogen (secondary N) is 1. The number of hydrogen-bond donors (Lipinski definition) is 1. The number of fused-ring (bicyclic) bond motifs is 1. The highest BCUT2D eigenvalue weighted by Crippen LogP contribution is 2.13. The summed E-state index contributed by atoms with van der Waals surface area (Å²) in [6.45, 7) is 2.07. The van der Waals surface area contributed by atoms with Crippen molar-refractivity contribution in [1.29, 1.82) is 0 Å². The summed E-state index contributed by atoms with van der Waals surface area (Å²) in [5.41, 5.74) is 2.41. The van der Waals surface area contributed by atoms with E-state index in [0.29, 0.717) is 0 Å². The second kappa shape index (κ2) is 7.69. The Hall–Kier alpha value is -0.680. The summed E-state index contributed by atoms with van der Waals surface area (Å²) in [5.74, 6) is 0. The van der Waals surface area contributed by atoms with Crippen molar-refractivity contribution in [2.75, 3.05) is 11.0 Å². The number of rotatable bonds is 7. The Bertz CT molecular complexity index is 485. The molecule has 0 radical (unpaired) electrons. The Morgan fingerprint density at radius 1 is 1.11 bits per heavy atom. The average Bonchev–Trinajstić information content (AvgIpc) is 2.42. The molecule has 0 saturated carbocycles. The number of alkyl halides is 1. The topological polar surface area (TPSA) is 24.9 Å². The van der Waals surface area contributed by atoms with Gasteiger partial charge in [-0.3, -0.25) is 4.98 Å². The van der Waals surface area contributed by atoms with Crippen LogP contribution in [0.5, 0.6) is 0 Å². The zero-order valence-corrected chi connectivity index (χ0v) is 12.7. The Morgan fingerprint density at radius 2 is 2.06 bits per heavy atom. The van der Waals surface area contributed by atoms with Crippen molar-refractivity contribution in [2.24, 2.45) is 0 Å². The van der Waals surface area contributed by atoms with E-state index in [1.807, 2.05) is 12.3 Å². The molecule has 0 unspecified atom stereocenters. The third-order valence-electron chi connectivity index (χ3n) is 2.98. The maximum Gasteiger partial charge on any atom is 0.0702 e. The SMILES string of the molecule is ICCCCCNCc1ccc2ncccc2c1. The molecule has 0 bridgehead atoms. The van der Waals surface area contributed by atoms with Gasteiger partial charge < -0.3 is 5.32 Å². The highest BCUT2D eigenvalue weighted by molar-refractivity contribution is 14.1. The summed E-state index contributed by atoms with van der Waals surface area (Å²) < 4.78 is 1.27. The first-order valence-corrected chi connectivity index (χ1v) is 8.03. The van der Waals surface area contributed by atoms with Gasteiger partial charge in [0.15, 0.2) is 0 Å². The van der Waals surface area contributed by atoms with Gasteiger partial charge >= 0.3 is 0 Å². The maximum absolute atomic E-state index is 4.33. The predicted molar refractivity (Wildman–Crippen MR) is 86.2 cm³/mol. The van der Waals surface area contributed by atoms with Crippen LogP contribution in [0.4, 0.5) is 0 Å². The molecule has 0 spiro atoms. The van der Waals surface area contributed by atoms with Gasteiger partial charge in [-0.1, -0.05) is 41.1 Å². The molecule has 2 nitrogen and oxygen atoms in total. The number of aromatic nitrogens is 1. The average molecular weight is 354 g/mol. The molecule has 1 aromatic heterocycles. The minimum Gasteiger partial charge on any atom is -0.313 e. The van der Waals surface area contributed by atoms with Gasteiger partial charge in [0.2, 0.25) is 0 Å². The first-order chi connectivity index (χ1) is 8.90. The zero-order chi connectivity index (χ0) is 12.6. The quantitative estimate of drug-likeness (QED) is 0.463. The second-order valence-electron chi connectivity index (χ2n) is 4.46. The molecule has 0 saturated heterocycles. The van der Waals surface area contributed by atoms with Crippen molar-refractivity contribution < 1.29 is 0 Å². The molecule has 2 aromatic rings. The van der Waals surface area contributed by atoms with Crippen LogP contribution in [0.1, 0.15) is 24.8 Å².